The molecule has 0 amide bonds. The van der Waals surface area contributed by atoms with E-state index < -0.39 is 0 Å². The molecule has 0 aromatic carbocycles. The molecular weight excluding hydrogens is 172 g/mol. The van der Waals surface area contributed by atoms with Gasteiger partial charge in [-0.15, -0.1) is 0 Å². The Hall–Kier alpha value is -0.0800. The van der Waals surface area contributed by atoms with Crippen molar-refractivity contribution in [3.63, 3.8) is 0 Å². The van der Waals surface area contributed by atoms with Gasteiger partial charge in [0.25, 0.3) is 0 Å². The molecule has 2 aliphatic rings. The van der Waals surface area contributed by atoms with Gasteiger partial charge in [0, 0.05) is 19.1 Å². The van der Waals surface area contributed by atoms with E-state index in [1.54, 1.807) is 0 Å². The van der Waals surface area contributed by atoms with Crippen LogP contribution in [0.15, 0.2) is 0 Å². The molecule has 82 valence electrons. The molecule has 0 aromatic rings. The second kappa shape index (κ2) is 4.63. The predicted octanol–water partition coefficient (Wildman–Crippen LogP) is 1.85. The molecule has 2 fully saturated rings. The Labute approximate surface area is 87.8 Å². The molecule has 0 radical (unpaired) electrons. The first kappa shape index (κ1) is 10.4. The summed E-state index contributed by atoms with van der Waals surface area (Å²) in [6, 6.07) is 0.489. The molecule has 2 N–H and O–H groups in total. The summed E-state index contributed by atoms with van der Waals surface area (Å²) in [4.78, 5) is 2.62. The van der Waals surface area contributed by atoms with Gasteiger partial charge in [0.1, 0.15) is 0 Å². The van der Waals surface area contributed by atoms with E-state index in [4.69, 9.17) is 5.73 Å². The number of hydrogen-bond acceptors (Lipinski definition) is 2. The Morgan fingerprint density at radius 1 is 1.14 bits per heavy atom. The van der Waals surface area contributed by atoms with Gasteiger partial charge < -0.3 is 10.6 Å². The van der Waals surface area contributed by atoms with Gasteiger partial charge in [-0.1, -0.05) is 13.3 Å². The first-order valence-corrected chi connectivity index (χ1v) is 6.27. The van der Waals surface area contributed by atoms with Gasteiger partial charge in [-0.3, -0.25) is 0 Å². The molecule has 0 heterocycles. The van der Waals surface area contributed by atoms with Crippen molar-refractivity contribution in [1.82, 2.24) is 4.90 Å². The molecule has 2 rings (SSSR count). The predicted molar refractivity (Wildman–Crippen MR) is 60.2 cm³/mol. The minimum atomic E-state index is 0.489. The Morgan fingerprint density at radius 3 is 2.43 bits per heavy atom. The standard InChI is InChI=1S/C12H24N2/c1-2-14(8-10-6-7-10)9-11-4-3-5-12(11)13/h10-12H,2-9,13H2,1H3. The lowest BCUT2D eigenvalue weighted by Crippen LogP contribution is -2.37. The fourth-order valence-electron chi connectivity index (χ4n) is 2.62. The molecular formula is C12H24N2. The molecule has 14 heavy (non-hydrogen) atoms. The second-order valence-electron chi connectivity index (χ2n) is 5.15. The van der Waals surface area contributed by atoms with Crippen molar-refractivity contribution in [1.29, 1.82) is 0 Å². The van der Waals surface area contributed by atoms with Gasteiger partial charge in [0.15, 0.2) is 0 Å². The minimum absolute atomic E-state index is 0.489. The van der Waals surface area contributed by atoms with E-state index in [0.29, 0.717) is 6.04 Å². The van der Waals surface area contributed by atoms with Crippen molar-refractivity contribution < 1.29 is 0 Å². The summed E-state index contributed by atoms with van der Waals surface area (Å²) in [5.74, 6) is 1.81. The first-order chi connectivity index (χ1) is 6.79. The van der Waals surface area contributed by atoms with Crippen LogP contribution in [-0.2, 0) is 0 Å². The highest BCUT2D eigenvalue weighted by Gasteiger charge is 2.28. The summed E-state index contributed by atoms with van der Waals surface area (Å²) in [7, 11) is 0. The molecule has 2 atom stereocenters. The van der Waals surface area contributed by atoms with Crippen molar-refractivity contribution in [2.75, 3.05) is 19.6 Å². The van der Waals surface area contributed by atoms with Crippen molar-refractivity contribution in [2.24, 2.45) is 17.6 Å². The molecule has 2 aliphatic carbocycles. The summed E-state index contributed by atoms with van der Waals surface area (Å²) >= 11 is 0. The normalized spacial score (nSPS) is 32.8. The van der Waals surface area contributed by atoms with Crippen LogP contribution < -0.4 is 5.73 Å². The van der Waals surface area contributed by atoms with Crippen LogP contribution in [0.2, 0.25) is 0 Å². The zero-order valence-corrected chi connectivity index (χ0v) is 9.41. The quantitative estimate of drug-likeness (QED) is 0.727. The maximum Gasteiger partial charge on any atom is 0.00793 e. The van der Waals surface area contributed by atoms with E-state index in [1.165, 1.54) is 51.7 Å². The molecule has 0 aromatic heterocycles. The van der Waals surface area contributed by atoms with Crippen molar-refractivity contribution in [2.45, 2.75) is 45.1 Å². The van der Waals surface area contributed by atoms with E-state index >= 15 is 0 Å². The van der Waals surface area contributed by atoms with E-state index in [-0.39, 0.29) is 0 Å². The average Bonchev–Trinajstić information content (AvgIpc) is 2.90. The van der Waals surface area contributed by atoms with Gasteiger partial charge in [0.05, 0.1) is 0 Å². The fourth-order valence-corrected chi connectivity index (χ4v) is 2.62. The Balaban J connectivity index is 1.74. The summed E-state index contributed by atoms with van der Waals surface area (Å²) in [6.45, 7) is 6.08. The molecule has 2 saturated carbocycles. The van der Waals surface area contributed by atoms with Gasteiger partial charge >= 0.3 is 0 Å². The maximum atomic E-state index is 6.10. The molecule has 2 nitrogen and oxygen atoms in total. The van der Waals surface area contributed by atoms with Gasteiger partial charge in [0.2, 0.25) is 0 Å². The fraction of sp³-hybridized carbons (Fsp3) is 1.00. The van der Waals surface area contributed by atoms with Crippen LogP contribution in [0.1, 0.15) is 39.0 Å². The lowest BCUT2D eigenvalue weighted by atomic mass is 10.0. The highest BCUT2D eigenvalue weighted by Crippen LogP contribution is 2.31. The Kier molecular flexibility index (Phi) is 3.45. The van der Waals surface area contributed by atoms with Crippen LogP contribution >= 0.6 is 0 Å². The van der Waals surface area contributed by atoms with Crippen molar-refractivity contribution in [3.05, 3.63) is 0 Å². The van der Waals surface area contributed by atoms with Gasteiger partial charge in [-0.25, -0.2) is 0 Å². The summed E-state index contributed by atoms with van der Waals surface area (Å²) in [5.41, 5.74) is 6.10. The Morgan fingerprint density at radius 2 is 1.93 bits per heavy atom. The average molecular weight is 196 g/mol. The third-order valence-electron chi connectivity index (χ3n) is 3.87. The zero-order valence-electron chi connectivity index (χ0n) is 9.41. The van der Waals surface area contributed by atoms with Crippen LogP contribution in [-0.4, -0.2) is 30.6 Å². The summed E-state index contributed by atoms with van der Waals surface area (Å²) in [5, 5.41) is 0. The lowest BCUT2D eigenvalue weighted by molar-refractivity contribution is 0.225. The number of hydrogen-bond donors (Lipinski definition) is 1. The molecule has 2 heteroatoms. The number of nitrogens with zero attached hydrogens (tertiary/aromatic N) is 1. The molecule has 0 bridgehead atoms. The zero-order chi connectivity index (χ0) is 9.97. The summed E-state index contributed by atoms with van der Waals surface area (Å²) < 4.78 is 0. The van der Waals surface area contributed by atoms with E-state index in [1.807, 2.05) is 0 Å². The smallest absolute Gasteiger partial charge is 0.00793 e. The first-order valence-electron chi connectivity index (χ1n) is 6.27. The van der Waals surface area contributed by atoms with Gasteiger partial charge in [-0.2, -0.15) is 0 Å². The third-order valence-corrected chi connectivity index (χ3v) is 3.87. The highest BCUT2D eigenvalue weighted by molar-refractivity contribution is 4.84. The highest BCUT2D eigenvalue weighted by atomic mass is 15.1. The topological polar surface area (TPSA) is 29.3 Å². The van der Waals surface area contributed by atoms with E-state index in [0.717, 1.165) is 11.8 Å². The van der Waals surface area contributed by atoms with Crippen LogP contribution in [0.4, 0.5) is 0 Å². The molecule has 0 aliphatic heterocycles. The summed E-state index contributed by atoms with van der Waals surface area (Å²) in [6.07, 6.45) is 6.90. The maximum absolute atomic E-state index is 6.10. The molecule has 0 spiro atoms. The van der Waals surface area contributed by atoms with Crippen LogP contribution in [0.3, 0.4) is 0 Å². The van der Waals surface area contributed by atoms with E-state index in [2.05, 4.69) is 11.8 Å². The minimum Gasteiger partial charge on any atom is -0.327 e. The van der Waals surface area contributed by atoms with Crippen molar-refractivity contribution >= 4 is 0 Å². The number of nitrogens with two attached hydrogens (primary N) is 1. The van der Waals surface area contributed by atoms with E-state index in [9.17, 15) is 0 Å². The van der Waals surface area contributed by atoms with Gasteiger partial charge in [-0.05, 0) is 44.1 Å². The molecule has 2 unspecified atom stereocenters. The van der Waals surface area contributed by atoms with Crippen LogP contribution in [0.5, 0.6) is 0 Å². The van der Waals surface area contributed by atoms with Crippen LogP contribution in [0, 0.1) is 11.8 Å². The molecule has 0 saturated heterocycles. The largest absolute Gasteiger partial charge is 0.327 e. The lowest BCUT2D eigenvalue weighted by Gasteiger charge is -2.26. The van der Waals surface area contributed by atoms with Crippen molar-refractivity contribution in [3.8, 4) is 0 Å². The number of rotatable bonds is 5. The monoisotopic (exact) mass is 196 g/mol. The second-order valence-corrected chi connectivity index (χ2v) is 5.15. The third kappa shape index (κ3) is 2.71. The Bertz CT molecular complexity index is 177. The van der Waals surface area contributed by atoms with Crippen LogP contribution in [0.25, 0.3) is 0 Å². The SMILES string of the molecule is CCN(CC1CC1)CC1CCCC1N.